The molecule has 1 atom stereocenters. The Morgan fingerprint density at radius 2 is 2.12 bits per heavy atom. The van der Waals surface area contributed by atoms with Crippen LogP contribution >= 0.6 is 0 Å². The van der Waals surface area contributed by atoms with E-state index in [1.807, 2.05) is 48.5 Å². The second-order valence-electron chi connectivity index (χ2n) is 6.52. The lowest BCUT2D eigenvalue weighted by Gasteiger charge is -2.26. The van der Waals surface area contributed by atoms with Crippen LogP contribution in [-0.2, 0) is 13.1 Å². The van der Waals surface area contributed by atoms with Crippen molar-refractivity contribution in [2.24, 2.45) is 0 Å². The number of methoxy groups -OCH3 is 1. The molecule has 4 rings (SSSR count). The number of hydrogen-bond donors (Lipinski definition) is 1. The number of aromatic nitrogens is 1. The van der Waals surface area contributed by atoms with E-state index in [4.69, 9.17) is 9.47 Å². The van der Waals surface area contributed by atoms with E-state index in [9.17, 15) is 4.79 Å². The third-order valence-electron chi connectivity index (χ3n) is 4.84. The summed E-state index contributed by atoms with van der Waals surface area (Å²) < 4.78 is 13.4. The molecule has 0 radical (unpaired) electrons. The van der Waals surface area contributed by atoms with E-state index in [0.29, 0.717) is 18.8 Å². The van der Waals surface area contributed by atoms with Crippen LogP contribution in [0.15, 0.2) is 48.5 Å². The zero-order valence-electron chi connectivity index (χ0n) is 15.0. The first-order valence-corrected chi connectivity index (χ1v) is 8.89. The van der Waals surface area contributed by atoms with Gasteiger partial charge in [0.15, 0.2) is 0 Å². The highest BCUT2D eigenvalue weighted by Crippen LogP contribution is 2.34. The quantitative estimate of drug-likeness (QED) is 0.762. The van der Waals surface area contributed by atoms with E-state index >= 15 is 0 Å². The molecular formula is C21H22N2O3. The molecule has 5 heteroatoms. The molecule has 1 aliphatic rings. The maximum atomic E-state index is 12.8. The lowest BCUT2D eigenvalue weighted by atomic mass is 10.2. The van der Waals surface area contributed by atoms with Crippen LogP contribution < -0.4 is 14.8 Å². The van der Waals surface area contributed by atoms with Gasteiger partial charge in [0.25, 0.3) is 5.91 Å². The van der Waals surface area contributed by atoms with Gasteiger partial charge in [0.05, 0.1) is 19.2 Å². The molecule has 1 aromatic heterocycles. The van der Waals surface area contributed by atoms with Gasteiger partial charge in [0.2, 0.25) is 0 Å². The van der Waals surface area contributed by atoms with Gasteiger partial charge in [-0.3, -0.25) is 4.79 Å². The van der Waals surface area contributed by atoms with Crippen molar-refractivity contribution in [3.05, 3.63) is 59.8 Å². The molecule has 1 N–H and O–H groups in total. The number of ether oxygens (including phenoxy) is 2. The minimum atomic E-state index is -0.0771. The summed E-state index contributed by atoms with van der Waals surface area (Å²) >= 11 is 0. The van der Waals surface area contributed by atoms with E-state index < -0.39 is 0 Å². The molecule has 0 saturated heterocycles. The van der Waals surface area contributed by atoms with Crippen molar-refractivity contribution < 1.29 is 14.3 Å². The first kappa shape index (κ1) is 16.5. The maximum absolute atomic E-state index is 12.8. The van der Waals surface area contributed by atoms with Crippen molar-refractivity contribution in [3.63, 3.8) is 0 Å². The minimum Gasteiger partial charge on any atom is -0.497 e. The van der Waals surface area contributed by atoms with Gasteiger partial charge in [0.1, 0.15) is 23.3 Å². The summed E-state index contributed by atoms with van der Waals surface area (Å²) in [4.78, 5) is 12.8. The van der Waals surface area contributed by atoms with Crippen molar-refractivity contribution in [3.8, 4) is 11.5 Å². The first-order chi connectivity index (χ1) is 12.7. The Hall–Kier alpha value is -2.95. The number of para-hydroxylation sites is 1. The molecule has 0 spiro atoms. The Bertz CT molecular complexity index is 961. The van der Waals surface area contributed by atoms with Crippen LogP contribution in [0.3, 0.4) is 0 Å². The number of carbonyl (C=O) groups is 1. The van der Waals surface area contributed by atoms with Crippen LogP contribution in [-0.4, -0.2) is 23.7 Å². The van der Waals surface area contributed by atoms with Crippen molar-refractivity contribution in [2.75, 3.05) is 7.11 Å². The number of hydrogen-bond acceptors (Lipinski definition) is 3. The molecule has 0 aliphatic carbocycles. The summed E-state index contributed by atoms with van der Waals surface area (Å²) in [6.45, 7) is 3.25. The number of nitrogens with one attached hydrogen (secondary N) is 1. The highest BCUT2D eigenvalue weighted by molar-refractivity contribution is 6.00. The number of amides is 1. The largest absolute Gasteiger partial charge is 0.497 e. The topological polar surface area (TPSA) is 52.5 Å². The molecule has 5 nitrogen and oxygen atoms in total. The predicted octanol–water partition coefficient (Wildman–Crippen LogP) is 3.75. The predicted molar refractivity (Wildman–Crippen MR) is 101 cm³/mol. The van der Waals surface area contributed by atoms with Gasteiger partial charge in [0, 0.05) is 11.9 Å². The molecule has 1 amide bonds. The van der Waals surface area contributed by atoms with Crippen LogP contribution in [0.1, 0.15) is 29.4 Å². The van der Waals surface area contributed by atoms with E-state index in [-0.39, 0.29) is 12.0 Å². The van der Waals surface area contributed by atoms with Crippen LogP contribution in [0.2, 0.25) is 0 Å². The third kappa shape index (κ3) is 2.90. The van der Waals surface area contributed by atoms with Crippen LogP contribution in [0.25, 0.3) is 10.9 Å². The smallest absolute Gasteiger partial charge is 0.268 e. The maximum Gasteiger partial charge on any atom is 0.268 e. The van der Waals surface area contributed by atoms with Crippen LogP contribution in [0.4, 0.5) is 0 Å². The SMILES string of the molecule is CC[C@@H]1Cn2c(C(=O)NCc3cccc(OC)c3)cc3cccc(c32)O1. The molecule has 3 aromatic rings. The second kappa shape index (κ2) is 6.75. The Kier molecular flexibility index (Phi) is 4.29. The normalized spacial score (nSPS) is 15.5. The molecule has 26 heavy (non-hydrogen) atoms. The van der Waals surface area contributed by atoms with Gasteiger partial charge >= 0.3 is 0 Å². The summed E-state index contributed by atoms with van der Waals surface area (Å²) in [7, 11) is 1.64. The molecule has 0 bridgehead atoms. The van der Waals surface area contributed by atoms with Crippen molar-refractivity contribution in [1.82, 2.24) is 9.88 Å². The monoisotopic (exact) mass is 350 g/mol. The highest BCUT2D eigenvalue weighted by Gasteiger charge is 2.25. The summed E-state index contributed by atoms with van der Waals surface area (Å²) in [5.41, 5.74) is 2.68. The molecule has 1 aliphatic heterocycles. The summed E-state index contributed by atoms with van der Waals surface area (Å²) in [6.07, 6.45) is 0.990. The number of benzene rings is 2. The zero-order chi connectivity index (χ0) is 18.1. The third-order valence-corrected chi connectivity index (χ3v) is 4.84. The van der Waals surface area contributed by atoms with E-state index in [1.165, 1.54) is 0 Å². The zero-order valence-corrected chi connectivity index (χ0v) is 15.0. The van der Waals surface area contributed by atoms with Gasteiger partial charge in [-0.2, -0.15) is 0 Å². The average molecular weight is 350 g/mol. The fourth-order valence-electron chi connectivity index (χ4n) is 3.45. The Labute approximate surface area is 152 Å². The fourth-order valence-corrected chi connectivity index (χ4v) is 3.45. The Morgan fingerprint density at radius 1 is 1.27 bits per heavy atom. The van der Waals surface area contributed by atoms with Gasteiger partial charge in [-0.05, 0) is 36.2 Å². The van der Waals surface area contributed by atoms with Gasteiger partial charge in [-0.15, -0.1) is 0 Å². The second-order valence-corrected chi connectivity index (χ2v) is 6.52. The van der Waals surface area contributed by atoms with Crippen molar-refractivity contribution >= 4 is 16.8 Å². The lowest BCUT2D eigenvalue weighted by molar-refractivity contribution is 0.0935. The molecule has 2 aromatic carbocycles. The van der Waals surface area contributed by atoms with Crippen LogP contribution in [0.5, 0.6) is 11.5 Å². The van der Waals surface area contributed by atoms with Crippen molar-refractivity contribution in [1.29, 1.82) is 0 Å². The molecule has 0 fully saturated rings. The molecule has 0 saturated carbocycles. The lowest BCUT2D eigenvalue weighted by Crippen LogP contribution is -2.31. The average Bonchev–Trinajstić information content (AvgIpc) is 3.06. The fraction of sp³-hybridized carbons (Fsp3) is 0.286. The van der Waals surface area contributed by atoms with Crippen LogP contribution in [0, 0.1) is 0 Å². The Balaban J connectivity index is 1.60. The highest BCUT2D eigenvalue weighted by atomic mass is 16.5. The van der Waals surface area contributed by atoms with E-state index in [0.717, 1.165) is 34.4 Å². The summed E-state index contributed by atoms with van der Waals surface area (Å²) in [5, 5.41) is 4.05. The van der Waals surface area contributed by atoms with Gasteiger partial charge in [-0.1, -0.05) is 31.2 Å². The Morgan fingerprint density at radius 3 is 2.92 bits per heavy atom. The minimum absolute atomic E-state index is 0.0771. The molecular weight excluding hydrogens is 328 g/mol. The summed E-state index contributed by atoms with van der Waals surface area (Å²) in [5.74, 6) is 1.56. The number of rotatable bonds is 5. The number of nitrogens with zero attached hydrogens (tertiary/aromatic N) is 1. The standard InChI is InChI=1S/C21H22N2O3/c1-3-16-13-23-18(11-15-7-5-9-19(26-16)20(15)23)21(24)22-12-14-6-4-8-17(10-14)25-2/h4-11,16H,3,12-13H2,1-2H3,(H,22,24)/t16-/m1/s1. The molecule has 134 valence electrons. The summed E-state index contributed by atoms with van der Waals surface area (Å²) in [6, 6.07) is 15.6. The molecule has 0 unspecified atom stereocenters. The van der Waals surface area contributed by atoms with E-state index in [2.05, 4.69) is 16.8 Å². The molecule has 2 heterocycles. The number of carbonyl (C=O) groups excluding carboxylic acids is 1. The van der Waals surface area contributed by atoms with Crippen molar-refractivity contribution in [2.45, 2.75) is 32.5 Å². The van der Waals surface area contributed by atoms with E-state index in [1.54, 1.807) is 7.11 Å². The van der Waals surface area contributed by atoms with Gasteiger partial charge < -0.3 is 19.4 Å². The van der Waals surface area contributed by atoms with Gasteiger partial charge in [-0.25, -0.2) is 0 Å². The first-order valence-electron chi connectivity index (χ1n) is 8.89.